The minimum Gasteiger partial charge on any atom is -0.407 e. The van der Waals surface area contributed by atoms with E-state index in [9.17, 15) is 4.21 Å². The summed E-state index contributed by atoms with van der Waals surface area (Å²) in [4.78, 5) is 0.691. The smallest absolute Gasteiger partial charge is 0.192 e. The molecular weight excluding hydrogens is 540 g/mol. The highest BCUT2D eigenvalue weighted by Crippen LogP contribution is 2.43. The second-order valence-corrected chi connectivity index (χ2v) is 18.2. The van der Waals surface area contributed by atoms with Crippen LogP contribution < -0.4 is 0 Å². The summed E-state index contributed by atoms with van der Waals surface area (Å²) in [5.74, 6) is 0. The monoisotopic (exact) mass is 580 g/mol. The molecule has 5 rings (SSSR count). The Morgan fingerprint density at radius 1 is 0.850 bits per heavy atom. The van der Waals surface area contributed by atoms with Crippen molar-refractivity contribution in [3.8, 4) is 0 Å². The van der Waals surface area contributed by atoms with Gasteiger partial charge >= 0.3 is 0 Å². The Balaban J connectivity index is 1.53. The van der Waals surface area contributed by atoms with Crippen LogP contribution in [0, 0.1) is 0 Å². The van der Waals surface area contributed by atoms with Gasteiger partial charge in [-0.1, -0.05) is 99.6 Å². The van der Waals surface area contributed by atoms with Crippen molar-refractivity contribution in [2.24, 2.45) is 0 Å². The van der Waals surface area contributed by atoms with E-state index in [-0.39, 0.29) is 5.04 Å². The zero-order valence-corrected chi connectivity index (χ0v) is 25.7. The Kier molecular flexibility index (Phi) is 9.07. The molecule has 6 nitrogen and oxygen atoms in total. The van der Waals surface area contributed by atoms with Crippen molar-refractivity contribution in [2.45, 2.75) is 86.5 Å². The van der Waals surface area contributed by atoms with Gasteiger partial charge in [0.25, 0.3) is 0 Å². The van der Waals surface area contributed by atoms with Crippen molar-refractivity contribution in [3.63, 3.8) is 0 Å². The van der Waals surface area contributed by atoms with E-state index in [1.54, 1.807) is 0 Å². The summed E-state index contributed by atoms with van der Waals surface area (Å²) in [5, 5.41) is -0.0737. The van der Waals surface area contributed by atoms with Crippen LogP contribution in [0.1, 0.15) is 38.2 Å². The molecule has 0 amide bonds. The van der Waals surface area contributed by atoms with Crippen molar-refractivity contribution >= 4 is 19.1 Å². The van der Waals surface area contributed by atoms with Gasteiger partial charge in [-0.05, 0) is 35.8 Å². The molecule has 0 aliphatic carbocycles. The predicted octanol–water partition coefficient (Wildman–Crippen LogP) is 6.61. The molecule has 3 aromatic carbocycles. The van der Waals surface area contributed by atoms with E-state index >= 15 is 0 Å². The summed E-state index contributed by atoms with van der Waals surface area (Å²) in [7, 11) is -3.86. The molecule has 2 heterocycles. The first kappa shape index (κ1) is 29.3. The molecule has 2 saturated heterocycles. The number of rotatable bonds is 8. The van der Waals surface area contributed by atoms with Crippen LogP contribution in [-0.4, -0.2) is 49.0 Å². The fourth-order valence-corrected chi connectivity index (χ4v) is 7.57. The van der Waals surface area contributed by atoms with E-state index in [2.05, 4.69) is 33.9 Å². The van der Waals surface area contributed by atoms with Gasteiger partial charge in [0.2, 0.25) is 0 Å². The molecule has 1 unspecified atom stereocenters. The summed E-state index contributed by atoms with van der Waals surface area (Å²) >= 11 is 0. The fourth-order valence-electron chi connectivity index (χ4n) is 4.79. The van der Waals surface area contributed by atoms with Gasteiger partial charge in [0.05, 0.1) is 24.0 Å². The van der Waals surface area contributed by atoms with Gasteiger partial charge in [0.1, 0.15) is 24.4 Å². The molecule has 0 saturated carbocycles. The van der Waals surface area contributed by atoms with E-state index in [0.717, 1.165) is 11.1 Å². The Morgan fingerprint density at radius 2 is 1.45 bits per heavy atom. The molecule has 2 fully saturated rings. The zero-order chi connectivity index (χ0) is 28.3. The van der Waals surface area contributed by atoms with Crippen molar-refractivity contribution in [3.05, 3.63) is 102 Å². The van der Waals surface area contributed by atoms with E-state index in [1.165, 1.54) is 0 Å². The second kappa shape index (κ2) is 12.4. The van der Waals surface area contributed by atoms with Crippen LogP contribution in [0.25, 0.3) is 0 Å². The summed E-state index contributed by atoms with van der Waals surface area (Å²) in [6.07, 6.45) is -2.63. The van der Waals surface area contributed by atoms with Crippen LogP contribution >= 0.6 is 0 Å². The summed E-state index contributed by atoms with van der Waals surface area (Å²) in [6, 6.07) is 29.4. The zero-order valence-electron chi connectivity index (χ0n) is 23.9. The maximum absolute atomic E-state index is 14.1. The Bertz CT molecular complexity index is 1250. The molecule has 3 aromatic rings. The third-order valence-corrected chi connectivity index (χ3v) is 14.1. The topological polar surface area (TPSA) is 63.2 Å². The normalized spacial score (nSPS) is 28.0. The number of ether oxygens (including phenoxy) is 4. The fraction of sp³-hybridized carbons (Fsp3) is 0.438. The average molecular weight is 581 g/mol. The van der Waals surface area contributed by atoms with E-state index in [4.69, 9.17) is 23.4 Å². The molecule has 8 heteroatoms. The van der Waals surface area contributed by atoms with Crippen molar-refractivity contribution in [1.82, 2.24) is 0 Å². The Morgan fingerprint density at radius 3 is 2.08 bits per heavy atom. The van der Waals surface area contributed by atoms with Crippen LogP contribution in [0.15, 0.2) is 95.9 Å². The standard InChI is InChI=1S/C32H40O6SSi/c1-32(2,3)40(4,5)38-29-28(34-21-23-15-9-6-10-16-23)27-26(22-35-30(37-27)24-17-11-7-12-18-24)36-31(29)39(33)25-19-13-8-14-20-25/h6-20,26-31H,21-22H2,1-5H3/t26-,27-,28+,29+,30-,31-,39?/m1/s1. The molecule has 0 aromatic heterocycles. The highest BCUT2D eigenvalue weighted by Gasteiger charge is 2.55. The van der Waals surface area contributed by atoms with Crippen LogP contribution in [0.3, 0.4) is 0 Å². The lowest BCUT2D eigenvalue weighted by Gasteiger charge is -2.51. The summed E-state index contributed by atoms with van der Waals surface area (Å²) in [6.45, 7) is 11.7. The highest BCUT2D eigenvalue weighted by molar-refractivity contribution is 7.85. The van der Waals surface area contributed by atoms with Gasteiger partial charge in [-0.25, -0.2) is 0 Å². The molecule has 7 atom stereocenters. The summed E-state index contributed by atoms with van der Waals surface area (Å²) in [5.41, 5.74) is 1.22. The molecule has 214 valence electrons. The maximum Gasteiger partial charge on any atom is 0.192 e. The van der Waals surface area contributed by atoms with E-state index < -0.39 is 55.3 Å². The van der Waals surface area contributed by atoms with Gasteiger partial charge in [-0.15, -0.1) is 0 Å². The number of hydrogen-bond donors (Lipinski definition) is 0. The quantitative estimate of drug-likeness (QED) is 0.280. The van der Waals surface area contributed by atoms with Crippen LogP contribution in [0.5, 0.6) is 0 Å². The van der Waals surface area contributed by atoms with Gasteiger partial charge < -0.3 is 23.4 Å². The minimum absolute atomic E-state index is 0.0737. The third-order valence-electron chi connectivity index (χ3n) is 8.06. The Hall–Kier alpha value is -2.17. The lowest BCUT2D eigenvalue weighted by atomic mass is 9.98. The van der Waals surface area contributed by atoms with Crippen molar-refractivity contribution < 1.29 is 27.6 Å². The molecule has 0 N–H and O–H groups in total. The number of hydrogen-bond acceptors (Lipinski definition) is 6. The molecule has 0 radical (unpaired) electrons. The molecule has 0 bridgehead atoms. The lowest BCUT2D eigenvalue weighted by molar-refractivity contribution is -0.324. The highest BCUT2D eigenvalue weighted by atomic mass is 32.2. The van der Waals surface area contributed by atoms with E-state index in [0.29, 0.717) is 18.1 Å². The predicted molar refractivity (Wildman–Crippen MR) is 159 cm³/mol. The van der Waals surface area contributed by atoms with Gasteiger partial charge in [-0.2, -0.15) is 0 Å². The van der Waals surface area contributed by atoms with Gasteiger partial charge in [0, 0.05) is 10.5 Å². The minimum atomic E-state index is -2.35. The molecule has 0 spiro atoms. The lowest BCUT2D eigenvalue weighted by Crippen LogP contribution is -2.66. The van der Waals surface area contributed by atoms with Crippen LogP contribution in [0.4, 0.5) is 0 Å². The maximum atomic E-state index is 14.1. The molecule has 40 heavy (non-hydrogen) atoms. The van der Waals surface area contributed by atoms with Crippen LogP contribution in [-0.2, 0) is 40.8 Å². The van der Waals surface area contributed by atoms with Crippen molar-refractivity contribution in [2.75, 3.05) is 6.61 Å². The largest absolute Gasteiger partial charge is 0.407 e. The number of benzene rings is 3. The first-order chi connectivity index (χ1) is 19.1. The first-order valence-corrected chi connectivity index (χ1v) is 18.0. The van der Waals surface area contributed by atoms with Gasteiger partial charge in [-0.3, -0.25) is 4.21 Å². The Labute approximate surface area is 241 Å². The van der Waals surface area contributed by atoms with Gasteiger partial charge in [0.15, 0.2) is 20.0 Å². The molecule has 2 aliphatic heterocycles. The van der Waals surface area contributed by atoms with Crippen LogP contribution in [0.2, 0.25) is 18.1 Å². The summed E-state index contributed by atoms with van der Waals surface area (Å²) < 4.78 is 47.2. The number of fused-ring (bicyclic) bond motifs is 1. The SMILES string of the molecule is CC(C)(C)[Si](C)(C)O[C@H]1[C@@H](OCc2ccccc2)[C@@H]2O[C@H](c3ccccc3)OC[C@H]2O[C@@H]1S(=O)c1ccccc1. The molecular formula is C32H40O6SSi. The third kappa shape index (κ3) is 6.49. The average Bonchev–Trinajstić information content (AvgIpc) is 2.96. The first-order valence-electron chi connectivity index (χ1n) is 13.9. The van der Waals surface area contributed by atoms with E-state index in [1.807, 2.05) is 91.0 Å². The second-order valence-electron chi connectivity index (χ2n) is 11.9. The van der Waals surface area contributed by atoms with Crippen molar-refractivity contribution in [1.29, 1.82) is 0 Å². The molecule has 2 aliphatic rings.